The van der Waals surface area contributed by atoms with Crippen molar-refractivity contribution in [2.45, 2.75) is 44.9 Å². The standard InChI is InChI=1S/C18H20N4O2/c1-12-16-17(19-11-20-18(16)24-22-12)21-14-8-5-9-15(14)23-10-13-6-3-2-4-7-13/h2-4,6-7,11,14-15H,5,8-10H2,1H3,(H,19,20,21)/t14-,15-/m1/s1. The van der Waals surface area contributed by atoms with E-state index in [1.54, 1.807) is 0 Å². The summed E-state index contributed by atoms with van der Waals surface area (Å²) in [7, 11) is 0. The number of nitrogens with zero attached hydrogens (tertiary/aromatic N) is 3. The molecule has 2 atom stereocenters. The second-order valence-corrected chi connectivity index (χ2v) is 6.19. The van der Waals surface area contributed by atoms with E-state index in [2.05, 4.69) is 32.6 Å². The summed E-state index contributed by atoms with van der Waals surface area (Å²) in [6, 6.07) is 10.5. The molecular formula is C18H20N4O2. The van der Waals surface area contributed by atoms with Crippen molar-refractivity contribution in [1.82, 2.24) is 15.1 Å². The fraction of sp³-hybridized carbons (Fsp3) is 0.389. The molecule has 1 aliphatic carbocycles. The van der Waals surface area contributed by atoms with E-state index in [0.29, 0.717) is 12.3 Å². The van der Waals surface area contributed by atoms with Crippen LogP contribution in [0.1, 0.15) is 30.5 Å². The van der Waals surface area contributed by atoms with Gasteiger partial charge in [0.2, 0.25) is 0 Å². The minimum Gasteiger partial charge on any atom is -0.371 e. The fourth-order valence-corrected chi connectivity index (χ4v) is 3.28. The lowest BCUT2D eigenvalue weighted by atomic mass is 10.2. The number of ether oxygens (including phenoxy) is 1. The van der Waals surface area contributed by atoms with Crippen LogP contribution in [0.4, 0.5) is 5.82 Å². The molecule has 2 aromatic heterocycles. The van der Waals surface area contributed by atoms with E-state index < -0.39 is 0 Å². The van der Waals surface area contributed by atoms with Crippen LogP contribution >= 0.6 is 0 Å². The summed E-state index contributed by atoms with van der Waals surface area (Å²) in [6.45, 7) is 2.54. The molecule has 1 fully saturated rings. The largest absolute Gasteiger partial charge is 0.371 e. The maximum absolute atomic E-state index is 6.15. The van der Waals surface area contributed by atoms with Crippen LogP contribution in [-0.2, 0) is 11.3 Å². The first-order valence-corrected chi connectivity index (χ1v) is 8.30. The highest BCUT2D eigenvalue weighted by Crippen LogP contribution is 2.29. The lowest BCUT2D eigenvalue weighted by Gasteiger charge is -2.22. The molecule has 2 heterocycles. The van der Waals surface area contributed by atoms with E-state index >= 15 is 0 Å². The van der Waals surface area contributed by atoms with E-state index in [-0.39, 0.29) is 12.1 Å². The molecule has 1 aromatic carbocycles. The molecule has 0 bridgehead atoms. The summed E-state index contributed by atoms with van der Waals surface area (Å²) in [6.07, 6.45) is 4.95. The Bertz CT molecular complexity index is 818. The topological polar surface area (TPSA) is 73.1 Å². The second kappa shape index (κ2) is 6.57. The average molecular weight is 324 g/mol. The third kappa shape index (κ3) is 2.97. The second-order valence-electron chi connectivity index (χ2n) is 6.19. The first-order valence-electron chi connectivity index (χ1n) is 8.30. The van der Waals surface area contributed by atoms with E-state index in [4.69, 9.17) is 9.26 Å². The zero-order chi connectivity index (χ0) is 16.4. The molecule has 0 unspecified atom stereocenters. The molecule has 0 radical (unpaired) electrons. The van der Waals surface area contributed by atoms with Gasteiger partial charge in [-0.1, -0.05) is 35.5 Å². The van der Waals surface area contributed by atoms with Gasteiger partial charge < -0.3 is 14.6 Å². The molecule has 0 amide bonds. The Labute approximate surface area is 140 Å². The molecule has 0 spiro atoms. The number of hydrogen-bond donors (Lipinski definition) is 1. The van der Waals surface area contributed by atoms with Gasteiger partial charge in [0.05, 0.1) is 24.4 Å². The molecule has 24 heavy (non-hydrogen) atoms. The molecule has 0 aliphatic heterocycles. The van der Waals surface area contributed by atoms with Crippen LogP contribution < -0.4 is 5.32 Å². The van der Waals surface area contributed by atoms with E-state index in [0.717, 1.165) is 36.2 Å². The van der Waals surface area contributed by atoms with E-state index in [9.17, 15) is 0 Å². The summed E-state index contributed by atoms with van der Waals surface area (Å²) in [4.78, 5) is 8.50. The highest BCUT2D eigenvalue weighted by molar-refractivity contribution is 5.87. The Morgan fingerprint density at radius 1 is 1.21 bits per heavy atom. The van der Waals surface area contributed by atoms with Crippen molar-refractivity contribution in [3.05, 3.63) is 47.9 Å². The lowest BCUT2D eigenvalue weighted by molar-refractivity contribution is 0.0394. The highest BCUT2D eigenvalue weighted by Gasteiger charge is 2.29. The minimum atomic E-state index is 0.176. The summed E-state index contributed by atoms with van der Waals surface area (Å²) in [5.74, 6) is 0.777. The van der Waals surface area contributed by atoms with Crippen LogP contribution in [0, 0.1) is 6.92 Å². The van der Waals surface area contributed by atoms with Crippen molar-refractivity contribution in [2.24, 2.45) is 0 Å². The number of fused-ring (bicyclic) bond motifs is 1. The van der Waals surface area contributed by atoms with Gasteiger partial charge in [0.25, 0.3) is 5.71 Å². The highest BCUT2D eigenvalue weighted by atomic mass is 16.5. The summed E-state index contributed by atoms with van der Waals surface area (Å²) in [5, 5.41) is 8.35. The molecular weight excluding hydrogens is 304 g/mol. The predicted molar refractivity (Wildman–Crippen MR) is 90.6 cm³/mol. The van der Waals surface area contributed by atoms with Gasteiger partial charge in [-0.15, -0.1) is 0 Å². The Morgan fingerprint density at radius 3 is 2.96 bits per heavy atom. The normalized spacial score (nSPS) is 20.5. The molecule has 4 rings (SSSR count). The molecule has 0 saturated heterocycles. The van der Waals surface area contributed by atoms with E-state index in [1.807, 2.05) is 25.1 Å². The smallest absolute Gasteiger partial charge is 0.263 e. The molecule has 3 aromatic rings. The van der Waals surface area contributed by atoms with Crippen molar-refractivity contribution in [1.29, 1.82) is 0 Å². The minimum absolute atomic E-state index is 0.176. The van der Waals surface area contributed by atoms with E-state index in [1.165, 1.54) is 11.9 Å². The molecule has 6 heteroatoms. The van der Waals surface area contributed by atoms with Gasteiger partial charge >= 0.3 is 0 Å². The van der Waals surface area contributed by atoms with Gasteiger partial charge in [0, 0.05) is 0 Å². The molecule has 1 aliphatic rings. The van der Waals surface area contributed by atoms with Gasteiger partial charge in [0.15, 0.2) is 0 Å². The summed E-state index contributed by atoms with van der Waals surface area (Å²) >= 11 is 0. The van der Waals surface area contributed by atoms with Crippen molar-refractivity contribution in [2.75, 3.05) is 5.32 Å². The van der Waals surface area contributed by atoms with Crippen LogP contribution in [0.15, 0.2) is 41.2 Å². The number of aryl methyl sites for hydroxylation is 1. The van der Waals surface area contributed by atoms with Gasteiger partial charge in [0.1, 0.15) is 17.5 Å². The van der Waals surface area contributed by atoms with Gasteiger partial charge in [-0.05, 0) is 31.7 Å². The number of anilines is 1. The Hall–Kier alpha value is -2.47. The number of rotatable bonds is 5. The predicted octanol–water partition coefficient (Wildman–Crippen LogP) is 3.48. The Balaban J connectivity index is 1.47. The fourth-order valence-electron chi connectivity index (χ4n) is 3.28. The van der Waals surface area contributed by atoms with Crippen LogP contribution in [-0.4, -0.2) is 27.3 Å². The zero-order valence-electron chi connectivity index (χ0n) is 13.6. The number of benzene rings is 1. The SMILES string of the molecule is Cc1noc2ncnc(N[C@@H]3CCC[C@H]3OCc3ccccc3)c12. The monoisotopic (exact) mass is 324 g/mol. The third-order valence-corrected chi connectivity index (χ3v) is 4.52. The van der Waals surface area contributed by atoms with Crippen LogP contribution in [0.25, 0.3) is 11.1 Å². The Morgan fingerprint density at radius 2 is 2.08 bits per heavy atom. The van der Waals surface area contributed by atoms with Gasteiger partial charge in [-0.2, -0.15) is 4.98 Å². The maximum atomic E-state index is 6.15. The summed E-state index contributed by atoms with van der Waals surface area (Å²) < 4.78 is 11.4. The van der Waals surface area contributed by atoms with Crippen molar-refractivity contribution in [3.63, 3.8) is 0 Å². The van der Waals surface area contributed by atoms with Crippen molar-refractivity contribution < 1.29 is 9.26 Å². The van der Waals surface area contributed by atoms with Crippen LogP contribution in [0.5, 0.6) is 0 Å². The maximum Gasteiger partial charge on any atom is 0.263 e. The molecule has 1 N–H and O–H groups in total. The first-order chi connectivity index (χ1) is 11.8. The molecule has 124 valence electrons. The zero-order valence-corrected chi connectivity index (χ0v) is 13.6. The number of hydrogen-bond acceptors (Lipinski definition) is 6. The van der Waals surface area contributed by atoms with Crippen LogP contribution in [0.2, 0.25) is 0 Å². The number of nitrogens with one attached hydrogen (secondary N) is 1. The summed E-state index contributed by atoms with van der Waals surface area (Å²) in [5.41, 5.74) is 2.51. The van der Waals surface area contributed by atoms with Gasteiger partial charge in [-0.25, -0.2) is 4.98 Å². The van der Waals surface area contributed by atoms with Crippen molar-refractivity contribution in [3.8, 4) is 0 Å². The third-order valence-electron chi connectivity index (χ3n) is 4.52. The lowest BCUT2D eigenvalue weighted by Crippen LogP contribution is -2.31. The van der Waals surface area contributed by atoms with Crippen LogP contribution in [0.3, 0.4) is 0 Å². The quantitative estimate of drug-likeness (QED) is 0.774. The molecule has 1 saturated carbocycles. The Kier molecular flexibility index (Phi) is 4.13. The number of aromatic nitrogens is 3. The average Bonchev–Trinajstić information content (AvgIpc) is 3.21. The van der Waals surface area contributed by atoms with Gasteiger partial charge in [-0.3, -0.25) is 0 Å². The molecule has 6 nitrogen and oxygen atoms in total. The van der Waals surface area contributed by atoms with Crippen molar-refractivity contribution >= 4 is 16.9 Å². The first kappa shape index (κ1) is 15.1.